The molecule has 1 N–H and O–H groups in total. The Labute approximate surface area is 128 Å². The van der Waals surface area contributed by atoms with Crippen molar-refractivity contribution in [1.29, 1.82) is 0 Å². The first-order valence-corrected chi connectivity index (χ1v) is 6.61. The van der Waals surface area contributed by atoms with Gasteiger partial charge in [-0.3, -0.25) is 14.5 Å². The highest BCUT2D eigenvalue weighted by atomic mass is 19.2. The molecule has 0 saturated carbocycles. The van der Waals surface area contributed by atoms with Crippen molar-refractivity contribution in [2.75, 3.05) is 0 Å². The minimum Gasteiger partial charge on any atom is -0.342 e. The Hall–Kier alpha value is -3.08. The molecule has 1 aromatic rings. The molecule has 0 bridgehead atoms. The largest absolute Gasteiger partial charge is 0.342 e. The summed E-state index contributed by atoms with van der Waals surface area (Å²) in [5.74, 6) is -1.00. The topological polar surface area (TPSA) is 83.6 Å². The number of piperidine rings is 1. The third-order valence-corrected chi connectivity index (χ3v) is 3.79. The number of rotatable bonds is 1. The Morgan fingerprint density at radius 1 is 1.04 bits per heavy atom. The van der Waals surface area contributed by atoms with E-state index in [0.717, 1.165) is 4.90 Å². The minimum absolute atomic E-state index is 0.105. The van der Waals surface area contributed by atoms with Crippen molar-refractivity contribution >= 4 is 23.7 Å². The molecule has 1 unspecified atom stereocenters. The average Bonchev–Trinajstić information content (AvgIpc) is 2.78. The van der Waals surface area contributed by atoms with Crippen LogP contribution in [0, 0.1) is 11.6 Å². The van der Waals surface area contributed by atoms with Gasteiger partial charge < -0.3 is 5.32 Å². The number of allylic oxidation sites excluding steroid dienone is 1. The number of amides is 2. The van der Waals surface area contributed by atoms with Crippen LogP contribution in [-0.2, 0) is 9.59 Å². The third-order valence-electron chi connectivity index (χ3n) is 3.79. The Morgan fingerprint density at radius 2 is 1.61 bits per heavy atom. The maximum absolute atomic E-state index is 13.3. The molecule has 8 heteroatoms. The predicted octanol–water partition coefficient (Wildman–Crippen LogP) is 0.744. The van der Waals surface area contributed by atoms with Crippen LogP contribution < -0.4 is 5.32 Å². The van der Waals surface area contributed by atoms with E-state index >= 15 is 0 Å². The number of carbonyl (C=O) groups is 2. The first kappa shape index (κ1) is 14.8. The van der Waals surface area contributed by atoms with E-state index in [1.54, 1.807) is 11.9 Å². The molecule has 23 heavy (non-hydrogen) atoms. The molecule has 0 aliphatic carbocycles. The Balaban J connectivity index is 2.02. The van der Waals surface area contributed by atoms with Gasteiger partial charge in [0.15, 0.2) is 11.6 Å². The molecule has 2 amide bonds. The summed E-state index contributed by atoms with van der Waals surface area (Å²) in [6.45, 7) is 0. The fraction of sp³-hybridized carbons (Fsp3) is 0.200. The summed E-state index contributed by atoms with van der Waals surface area (Å²) < 4.78 is 26.6. The van der Waals surface area contributed by atoms with Crippen molar-refractivity contribution in [2.24, 2.45) is 0 Å². The maximum Gasteiger partial charge on any atom is 0.262 e. The first-order chi connectivity index (χ1) is 11.0. The Kier molecular flexibility index (Phi) is 3.41. The molecule has 3 rings (SSSR count). The maximum atomic E-state index is 13.3. The molecule has 1 atom stereocenters. The van der Waals surface area contributed by atoms with Crippen LogP contribution in [0.15, 0.2) is 23.5 Å². The molecule has 0 spiro atoms. The van der Waals surface area contributed by atoms with Crippen molar-refractivity contribution in [2.45, 2.75) is 18.9 Å². The monoisotopic (exact) mass is 318 g/mol. The number of nitrogens with zero attached hydrogens (tertiary/aromatic N) is 1. The van der Waals surface area contributed by atoms with Gasteiger partial charge in [0.05, 0.1) is 17.2 Å². The first-order valence-electron chi connectivity index (χ1n) is 6.61. The number of hydrogen-bond acceptors (Lipinski definition) is 5. The number of hydrogen-bond donors (Lipinski definition) is 1. The SMILES string of the molecule is O=C=C1CCC(N2C(=O)c3cc(F)c(F)cc3C2=O)C(=C=O)N1. The average molecular weight is 318 g/mol. The molecular formula is C15H8F2N2O4. The van der Waals surface area contributed by atoms with Gasteiger partial charge in [0.25, 0.3) is 11.8 Å². The number of benzene rings is 1. The van der Waals surface area contributed by atoms with Crippen LogP contribution in [0.25, 0.3) is 0 Å². The zero-order valence-corrected chi connectivity index (χ0v) is 11.5. The summed E-state index contributed by atoms with van der Waals surface area (Å²) in [4.78, 5) is 47.1. The van der Waals surface area contributed by atoms with E-state index in [4.69, 9.17) is 0 Å². The van der Waals surface area contributed by atoms with Crippen molar-refractivity contribution in [3.63, 3.8) is 0 Å². The molecule has 6 nitrogen and oxygen atoms in total. The standard InChI is InChI=1S/C15H8F2N2O4/c16-10-3-8-9(4-11(10)17)15(23)19(14(8)22)13-2-1-7(5-20)18-12(13)6-21/h3-4,13,18H,1-2H2. The molecule has 1 fully saturated rings. The van der Waals surface area contributed by atoms with E-state index in [0.29, 0.717) is 12.1 Å². The summed E-state index contributed by atoms with van der Waals surface area (Å²) in [6, 6.07) is 0.327. The molecule has 2 aliphatic rings. The van der Waals surface area contributed by atoms with Crippen molar-refractivity contribution < 1.29 is 28.0 Å². The second-order valence-electron chi connectivity index (χ2n) is 5.07. The number of imide groups is 1. The second kappa shape index (κ2) is 5.28. The molecular weight excluding hydrogens is 310 g/mol. The van der Waals surface area contributed by atoms with Gasteiger partial charge in [0.2, 0.25) is 0 Å². The number of halogens is 2. The highest BCUT2D eigenvalue weighted by Crippen LogP contribution is 2.31. The highest BCUT2D eigenvalue weighted by Gasteiger charge is 2.43. The molecule has 1 aromatic carbocycles. The summed E-state index contributed by atoms with van der Waals surface area (Å²) in [7, 11) is 0. The normalized spacial score (nSPS) is 20.1. The van der Waals surface area contributed by atoms with Gasteiger partial charge in [-0.25, -0.2) is 18.4 Å². The van der Waals surface area contributed by atoms with E-state index in [1.807, 2.05) is 0 Å². The van der Waals surface area contributed by atoms with Gasteiger partial charge >= 0.3 is 0 Å². The fourth-order valence-corrected chi connectivity index (χ4v) is 2.70. The number of nitrogens with one attached hydrogen (secondary N) is 1. The number of carbonyl (C=O) groups excluding carboxylic acids is 4. The van der Waals surface area contributed by atoms with E-state index in [2.05, 4.69) is 5.32 Å². The molecule has 0 aromatic heterocycles. The Morgan fingerprint density at radius 3 is 2.09 bits per heavy atom. The zero-order chi connectivity index (χ0) is 16.7. The fourth-order valence-electron chi connectivity index (χ4n) is 2.70. The predicted molar refractivity (Wildman–Crippen MR) is 71.4 cm³/mol. The quantitative estimate of drug-likeness (QED) is 0.610. The lowest BCUT2D eigenvalue weighted by molar-refractivity contribution is 0.0593. The summed E-state index contributed by atoms with van der Waals surface area (Å²) in [6.07, 6.45) is 0.272. The van der Waals surface area contributed by atoms with Crippen molar-refractivity contribution in [3.8, 4) is 0 Å². The van der Waals surface area contributed by atoms with E-state index in [1.165, 1.54) is 0 Å². The summed E-state index contributed by atoms with van der Waals surface area (Å²) in [5, 5.41) is 2.46. The lowest BCUT2D eigenvalue weighted by Crippen LogP contribution is -2.46. The van der Waals surface area contributed by atoms with Gasteiger partial charge in [-0.05, 0) is 18.6 Å². The van der Waals surface area contributed by atoms with Crippen molar-refractivity contribution in [1.82, 2.24) is 10.2 Å². The van der Waals surface area contributed by atoms with Crippen LogP contribution in [-0.4, -0.2) is 34.6 Å². The van der Waals surface area contributed by atoms with Crippen LogP contribution in [0.2, 0.25) is 0 Å². The molecule has 1 saturated heterocycles. The summed E-state index contributed by atoms with van der Waals surface area (Å²) in [5.41, 5.74) is -0.606. The third kappa shape index (κ3) is 2.17. The smallest absolute Gasteiger partial charge is 0.262 e. The lowest BCUT2D eigenvalue weighted by Gasteiger charge is -2.30. The van der Waals surface area contributed by atoms with E-state index in [-0.39, 0.29) is 35.4 Å². The molecule has 2 aliphatic heterocycles. The van der Waals surface area contributed by atoms with Gasteiger partial charge in [0.1, 0.15) is 23.3 Å². The lowest BCUT2D eigenvalue weighted by atomic mass is 10.0. The van der Waals surface area contributed by atoms with Crippen LogP contribution >= 0.6 is 0 Å². The van der Waals surface area contributed by atoms with Gasteiger partial charge in [-0.1, -0.05) is 0 Å². The summed E-state index contributed by atoms with van der Waals surface area (Å²) >= 11 is 0. The van der Waals surface area contributed by atoms with Crippen LogP contribution in [0.1, 0.15) is 33.6 Å². The Bertz CT molecular complexity index is 810. The van der Waals surface area contributed by atoms with Gasteiger partial charge in [-0.15, -0.1) is 0 Å². The van der Waals surface area contributed by atoms with E-state index < -0.39 is 29.5 Å². The minimum atomic E-state index is -1.24. The zero-order valence-electron chi connectivity index (χ0n) is 11.5. The molecule has 2 heterocycles. The van der Waals surface area contributed by atoms with Crippen molar-refractivity contribution in [3.05, 3.63) is 46.3 Å². The van der Waals surface area contributed by atoms with Crippen LogP contribution in [0.3, 0.4) is 0 Å². The molecule has 0 radical (unpaired) electrons. The van der Waals surface area contributed by atoms with Crippen LogP contribution in [0.4, 0.5) is 8.78 Å². The molecule has 116 valence electrons. The second-order valence-corrected chi connectivity index (χ2v) is 5.07. The highest BCUT2D eigenvalue weighted by molar-refractivity contribution is 6.21. The van der Waals surface area contributed by atoms with E-state index in [9.17, 15) is 28.0 Å². The number of fused-ring (bicyclic) bond motifs is 1. The van der Waals surface area contributed by atoms with Crippen LogP contribution in [0.5, 0.6) is 0 Å². The van der Waals surface area contributed by atoms with Gasteiger partial charge in [-0.2, -0.15) is 0 Å². The van der Waals surface area contributed by atoms with Gasteiger partial charge in [0, 0.05) is 6.42 Å².